The highest BCUT2D eigenvalue weighted by Crippen LogP contribution is 2.27. The van der Waals surface area contributed by atoms with Crippen LogP contribution in [0.4, 0.5) is 0 Å². The van der Waals surface area contributed by atoms with E-state index in [-0.39, 0.29) is 0 Å². The third-order valence-corrected chi connectivity index (χ3v) is 3.75. The topological polar surface area (TPSA) is 53.5 Å². The highest BCUT2D eigenvalue weighted by Gasteiger charge is 2.07. The molecule has 0 amide bonds. The van der Waals surface area contributed by atoms with Gasteiger partial charge in [0.25, 0.3) is 0 Å². The van der Waals surface area contributed by atoms with Crippen molar-refractivity contribution in [2.45, 2.75) is 6.61 Å². The average Bonchev–Trinajstić information content (AvgIpc) is 2.60. The number of fused-ring (bicyclic) bond motifs is 1. The molecule has 0 radical (unpaired) electrons. The maximum atomic E-state index is 6.03. The van der Waals surface area contributed by atoms with Gasteiger partial charge in [-0.15, -0.1) is 0 Å². The average molecular weight is 331 g/mol. The Balaban J connectivity index is 1.80. The summed E-state index contributed by atoms with van der Waals surface area (Å²) in [6.45, 7) is 0.373. The van der Waals surface area contributed by atoms with Crippen LogP contribution in [-0.2, 0) is 6.61 Å². The standard InChI is InChI=1S/C17H15ClN2O3/c1-21-12-4-3-11(16(8-12)22-2)9-23-13-5-6-14-15(7-13)19-10-20-17(14)18/h3-8,10H,9H2,1-2H3. The summed E-state index contributed by atoms with van der Waals surface area (Å²) in [7, 11) is 3.24. The molecule has 0 unspecified atom stereocenters. The van der Waals surface area contributed by atoms with E-state index in [9.17, 15) is 0 Å². The van der Waals surface area contributed by atoms with Crippen LogP contribution in [0.5, 0.6) is 17.2 Å². The maximum Gasteiger partial charge on any atom is 0.140 e. The van der Waals surface area contributed by atoms with E-state index in [1.54, 1.807) is 14.2 Å². The van der Waals surface area contributed by atoms with Gasteiger partial charge in [0.1, 0.15) is 35.3 Å². The van der Waals surface area contributed by atoms with Gasteiger partial charge in [0, 0.05) is 23.1 Å². The molecule has 6 heteroatoms. The van der Waals surface area contributed by atoms with E-state index in [0.29, 0.717) is 17.5 Å². The first-order valence-corrected chi connectivity index (χ1v) is 7.33. The Morgan fingerprint density at radius 3 is 2.57 bits per heavy atom. The van der Waals surface area contributed by atoms with Crippen LogP contribution in [0.3, 0.4) is 0 Å². The second-order valence-corrected chi connectivity index (χ2v) is 5.17. The Bertz CT molecular complexity index is 839. The molecule has 1 heterocycles. The Kier molecular flexibility index (Phi) is 4.48. The largest absolute Gasteiger partial charge is 0.497 e. The van der Waals surface area contributed by atoms with Crippen molar-refractivity contribution in [1.82, 2.24) is 9.97 Å². The second kappa shape index (κ2) is 6.71. The molecule has 0 aliphatic carbocycles. The van der Waals surface area contributed by atoms with Crippen LogP contribution in [0.25, 0.3) is 10.9 Å². The van der Waals surface area contributed by atoms with Crippen molar-refractivity contribution in [2.75, 3.05) is 14.2 Å². The van der Waals surface area contributed by atoms with Crippen LogP contribution in [-0.4, -0.2) is 24.2 Å². The minimum Gasteiger partial charge on any atom is -0.497 e. The molecule has 0 N–H and O–H groups in total. The molecule has 0 saturated carbocycles. The fourth-order valence-electron chi connectivity index (χ4n) is 2.23. The number of nitrogens with zero attached hydrogens (tertiary/aromatic N) is 2. The zero-order chi connectivity index (χ0) is 16.2. The first-order valence-electron chi connectivity index (χ1n) is 6.95. The van der Waals surface area contributed by atoms with Gasteiger partial charge in [-0.3, -0.25) is 0 Å². The lowest BCUT2D eigenvalue weighted by Gasteiger charge is -2.12. The lowest BCUT2D eigenvalue weighted by Crippen LogP contribution is -1.99. The summed E-state index contributed by atoms with van der Waals surface area (Å²) < 4.78 is 16.4. The van der Waals surface area contributed by atoms with Crippen LogP contribution in [0, 0.1) is 0 Å². The van der Waals surface area contributed by atoms with E-state index < -0.39 is 0 Å². The highest BCUT2D eigenvalue weighted by molar-refractivity contribution is 6.34. The SMILES string of the molecule is COc1ccc(COc2ccc3c(Cl)ncnc3c2)c(OC)c1. The first-order chi connectivity index (χ1) is 11.2. The molecule has 0 saturated heterocycles. The number of aromatic nitrogens is 2. The van der Waals surface area contributed by atoms with Crippen molar-refractivity contribution in [3.05, 3.63) is 53.4 Å². The highest BCUT2D eigenvalue weighted by atomic mass is 35.5. The van der Waals surface area contributed by atoms with Crippen molar-refractivity contribution in [3.63, 3.8) is 0 Å². The molecule has 118 valence electrons. The summed E-state index contributed by atoms with van der Waals surface area (Å²) in [5, 5.41) is 1.22. The molecule has 0 atom stereocenters. The molecular formula is C17H15ClN2O3. The predicted molar refractivity (Wildman–Crippen MR) is 88.4 cm³/mol. The summed E-state index contributed by atoms with van der Waals surface area (Å²) in [4.78, 5) is 8.15. The molecule has 2 aromatic carbocycles. The van der Waals surface area contributed by atoms with Crippen LogP contribution >= 0.6 is 11.6 Å². The van der Waals surface area contributed by atoms with Gasteiger partial charge >= 0.3 is 0 Å². The molecule has 5 nitrogen and oxygen atoms in total. The van der Waals surface area contributed by atoms with Gasteiger partial charge in [0.05, 0.1) is 19.7 Å². The molecule has 3 rings (SSSR count). The van der Waals surface area contributed by atoms with Crippen LogP contribution in [0.15, 0.2) is 42.7 Å². The number of hydrogen-bond donors (Lipinski definition) is 0. The minimum atomic E-state index is 0.373. The summed E-state index contributed by atoms with van der Waals surface area (Å²) in [5.41, 5.74) is 1.67. The monoisotopic (exact) mass is 330 g/mol. The van der Waals surface area contributed by atoms with E-state index >= 15 is 0 Å². The van der Waals surface area contributed by atoms with E-state index in [0.717, 1.165) is 28.0 Å². The first kappa shape index (κ1) is 15.4. The van der Waals surface area contributed by atoms with Gasteiger partial charge in [-0.1, -0.05) is 11.6 Å². The zero-order valence-corrected chi connectivity index (χ0v) is 13.5. The predicted octanol–water partition coefficient (Wildman–Crippen LogP) is 3.88. The Hall–Kier alpha value is -2.53. The Morgan fingerprint density at radius 1 is 0.957 bits per heavy atom. The molecule has 1 aromatic heterocycles. The number of methoxy groups -OCH3 is 2. The molecule has 23 heavy (non-hydrogen) atoms. The fraction of sp³-hybridized carbons (Fsp3) is 0.176. The van der Waals surface area contributed by atoms with E-state index in [1.165, 1.54) is 6.33 Å². The summed E-state index contributed by atoms with van der Waals surface area (Å²) >= 11 is 6.03. The van der Waals surface area contributed by atoms with Gasteiger partial charge in [-0.05, 0) is 24.3 Å². The number of rotatable bonds is 5. The van der Waals surface area contributed by atoms with Crippen molar-refractivity contribution >= 4 is 22.5 Å². The molecule has 0 fully saturated rings. The van der Waals surface area contributed by atoms with E-state index in [2.05, 4.69) is 9.97 Å². The fourth-order valence-corrected chi connectivity index (χ4v) is 2.43. The van der Waals surface area contributed by atoms with Gasteiger partial charge in [0.2, 0.25) is 0 Å². The number of halogens is 1. The zero-order valence-electron chi connectivity index (χ0n) is 12.7. The van der Waals surface area contributed by atoms with Gasteiger partial charge < -0.3 is 14.2 Å². The Morgan fingerprint density at radius 2 is 1.78 bits per heavy atom. The van der Waals surface area contributed by atoms with Crippen molar-refractivity contribution in [3.8, 4) is 17.2 Å². The smallest absolute Gasteiger partial charge is 0.140 e. The lowest BCUT2D eigenvalue weighted by atomic mass is 10.2. The molecule has 0 bridgehead atoms. The third kappa shape index (κ3) is 3.29. The third-order valence-electron chi connectivity index (χ3n) is 3.45. The van der Waals surface area contributed by atoms with E-state index in [1.807, 2.05) is 36.4 Å². The maximum absolute atomic E-state index is 6.03. The van der Waals surface area contributed by atoms with Crippen molar-refractivity contribution < 1.29 is 14.2 Å². The summed E-state index contributed by atoms with van der Waals surface area (Å²) in [6.07, 6.45) is 1.43. The summed E-state index contributed by atoms with van der Waals surface area (Å²) in [5.74, 6) is 2.16. The van der Waals surface area contributed by atoms with Crippen molar-refractivity contribution in [2.24, 2.45) is 0 Å². The number of benzene rings is 2. The molecular weight excluding hydrogens is 316 g/mol. The molecule has 0 spiro atoms. The van der Waals surface area contributed by atoms with Crippen LogP contribution in [0.1, 0.15) is 5.56 Å². The number of hydrogen-bond acceptors (Lipinski definition) is 5. The van der Waals surface area contributed by atoms with Crippen LogP contribution in [0.2, 0.25) is 5.15 Å². The Labute approximate surface area is 138 Å². The molecule has 0 aliphatic rings. The molecule has 3 aromatic rings. The minimum absolute atomic E-state index is 0.373. The van der Waals surface area contributed by atoms with Crippen molar-refractivity contribution in [1.29, 1.82) is 0 Å². The van der Waals surface area contributed by atoms with Crippen LogP contribution < -0.4 is 14.2 Å². The normalized spacial score (nSPS) is 10.6. The van der Waals surface area contributed by atoms with Gasteiger partial charge in [-0.2, -0.15) is 0 Å². The van der Waals surface area contributed by atoms with Gasteiger partial charge in [0.15, 0.2) is 0 Å². The second-order valence-electron chi connectivity index (χ2n) is 4.81. The van der Waals surface area contributed by atoms with E-state index in [4.69, 9.17) is 25.8 Å². The van der Waals surface area contributed by atoms with Gasteiger partial charge in [-0.25, -0.2) is 9.97 Å². The quantitative estimate of drug-likeness (QED) is 0.664. The molecule has 0 aliphatic heterocycles. The lowest BCUT2D eigenvalue weighted by molar-refractivity contribution is 0.296. The number of ether oxygens (including phenoxy) is 3. The summed E-state index contributed by atoms with van der Waals surface area (Å²) in [6, 6.07) is 11.1.